The van der Waals surface area contributed by atoms with Gasteiger partial charge in [0.05, 0.1) is 28.5 Å². The van der Waals surface area contributed by atoms with Crippen molar-refractivity contribution in [2.75, 3.05) is 7.11 Å². The van der Waals surface area contributed by atoms with Gasteiger partial charge in [-0.15, -0.1) is 5.10 Å². The highest BCUT2D eigenvalue weighted by Crippen LogP contribution is 2.30. The van der Waals surface area contributed by atoms with Gasteiger partial charge in [-0.3, -0.25) is 14.8 Å². The Bertz CT molecular complexity index is 1260. The van der Waals surface area contributed by atoms with E-state index in [1.54, 1.807) is 30.0 Å². The van der Waals surface area contributed by atoms with Gasteiger partial charge >= 0.3 is 5.97 Å². The van der Waals surface area contributed by atoms with E-state index < -0.39 is 10.9 Å². The third-order valence-corrected chi connectivity index (χ3v) is 4.68. The Hall–Kier alpha value is -3.94. The Morgan fingerprint density at radius 1 is 1.10 bits per heavy atom. The van der Waals surface area contributed by atoms with Crippen molar-refractivity contribution in [3.05, 3.63) is 70.3 Å². The highest BCUT2D eigenvalue weighted by atomic mass is 16.6. The average molecular weight is 391 g/mol. The van der Waals surface area contributed by atoms with Gasteiger partial charge in [0.25, 0.3) is 5.69 Å². The molecule has 4 aromatic rings. The number of carbonyl (C=O) groups is 1. The lowest BCUT2D eigenvalue weighted by Gasteiger charge is -2.05. The van der Waals surface area contributed by atoms with Crippen LogP contribution in [0.25, 0.3) is 21.7 Å². The summed E-state index contributed by atoms with van der Waals surface area (Å²) >= 11 is 0. The smallest absolute Gasteiger partial charge is 0.344 e. The van der Waals surface area contributed by atoms with E-state index in [2.05, 4.69) is 5.10 Å². The van der Waals surface area contributed by atoms with Gasteiger partial charge in [0.1, 0.15) is 5.75 Å². The van der Waals surface area contributed by atoms with Crippen molar-refractivity contribution >= 4 is 33.3 Å². The highest BCUT2D eigenvalue weighted by molar-refractivity contribution is 5.98. The van der Waals surface area contributed by atoms with Crippen LogP contribution in [0.15, 0.2) is 54.6 Å². The number of nitro groups is 1. The van der Waals surface area contributed by atoms with E-state index in [-0.39, 0.29) is 11.6 Å². The minimum Gasteiger partial charge on any atom is -0.497 e. The molecule has 8 heteroatoms. The number of carbonyl (C=O) groups excluding carboxylic acids is 1. The second-order valence-corrected chi connectivity index (χ2v) is 6.40. The molecule has 0 aliphatic heterocycles. The molecule has 0 atom stereocenters. The number of esters is 1. The molecule has 0 radical (unpaired) electrons. The van der Waals surface area contributed by atoms with Crippen LogP contribution in [-0.2, 0) is 6.54 Å². The van der Waals surface area contributed by atoms with Crippen molar-refractivity contribution in [2.24, 2.45) is 0 Å². The van der Waals surface area contributed by atoms with Gasteiger partial charge in [-0.2, -0.15) is 0 Å². The molecular weight excluding hydrogens is 374 g/mol. The molecule has 1 heterocycles. The Morgan fingerprint density at radius 2 is 1.86 bits per heavy atom. The van der Waals surface area contributed by atoms with Gasteiger partial charge < -0.3 is 9.47 Å². The molecule has 4 rings (SSSR count). The molecule has 0 bridgehead atoms. The maximum atomic E-state index is 12.7. The molecule has 1 aromatic heterocycles. The lowest BCUT2D eigenvalue weighted by atomic mass is 10.1. The van der Waals surface area contributed by atoms with E-state index in [0.717, 1.165) is 16.5 Å². The molecular formula is C21H17N3O5. The summed E-state index contributed by atoms with van der Waals surface area (Å²) in [6.07, 6.45) is 0. The normalized spacial score (nSPS) is 11.0. The number of hydrogen-bond donors (Lipinski definition) is 0. The van der Waals surface area contributed by atoms with Gasteiger partial charge in [-0.25, -0.2) is 4.79 Å². The monoisotopic (exact) mass is 391 g/mol. The summed E-state index contributed by atoms with van der Waals surface area (Å²) in [5, 5.41) is 17.6. The fourth-order valence-electron chi connectivity index (χ4n) is 3.19. The van der Waals surface area contributed by atoms with Crippen molar-refractivity contribution in [3.8, 4) is 11.6 Å². The lowest BCUT2D eigenvalue weighted by molar-refractivity contribution is -0.384. The molecule has 0 saturated heterocycles. The Labute approximate surface area is 165 Å². The maximum absolute atomic E-state index is 12.7. The Balaban J connectivity index is 1.70. The summed E-state index contributed by atoms with van der Waals surface area (Å²) < 4.78 is 12.3. The molecule has 146 valence electrons. The number of nitrogens with zero attached hydrogens (tertiary/aromatic N) is 3. The van der Waals surface area contributed by atoms with Gasteiger partial charge in [0.15, 0.2) is 0 Å². The molecule has 8 nitrogen and oxygen atoms in total. The fraction of sp³-hybridized carbons (Fsp3) is 0.143. The molecule has 3 aromatic carbocycles. The molecule has 0 spiro atoms. The third-order valence-electron chi connectivity index (χ3n) is 4.68. The van der Waals surface area contributed by atoms with Gasteiger partial charge in [-0.05, 0) is 48.0 Å². The number of rotatable bonds is 5. The van der Waals surface area contributed by atoms with Crippen LogP contribution in [0.4, 0.5) is 5.69 Å². The number of ether oxygens (including phenoxy) is 2. The summed E-state index contributed by atoms with van der Waals surface area (Å²) in [6, 6.07) is 15.1. The second-order valence-electron chi connectivity index (χ2n) is 6.40. The Kier molecular flexibility index (Phi) is 4.59. The number of nitro benzene ring substituents is 1. The van der Waals surface area contributed by atoms with Crippen molar-refractivity contribution in [1.29, 1.82) is 0 Å². The van der Waals surface area contributed by atoms with Crippen molar-refractivity contribution in [3.63, 3.8) is 0 Å². The molecule has 0 aliphatic rings. The zero-order valence-electron chi connectivity index (χ0n) is 15.8. The third kappa shape index (κ3) is 3.36. The zero-order chi connectivity index (χ0) is 20.5. The molecule has 0 N–H and O–H groups in total. The summed E-state index contributed by atoms with van der Waals surface area (Å²) in [7, 11) is 1.59. The number of non-ortho nitro benzene ring substituents is 1. The van der Waals surface area contributed by atoms with Crippen LogP contribution < -0.4 is 9.47 Å². The van der Waals surface area contributed by atoms with Crippen LogP contribution >= 0.6 is 0 Å². The number of methoxy groups -OCH3 is 1. The molecule has 0 aliphatic carbocycles. The van der Waals surface area contributed by atoms with E-state index in [1.807, 2.05) is 31.2 Å². The van der Waals surface area contributed by atoms with Crippen molar-refractivity contribution < 1.29 is 19.2 Å². The summed E-state index contributed by atoms with van der Waals surface area (Å²) in [5.41, 5.74) is 0.920. The number of aromatic nitrogens is 2. The standard InChI is InChI=1S/C21H17N3O5/c1-3-23-19-9-7-16(24(26)27)12-18(19)20(22-23)29-21(25)15-5-4-14-11-17(28-2)8-6-13(14)10-15/h4-12H,3H2,1-2H3. The van der Waals surface area contributed by atoms with Gasteiger partial charge in [0.2, 0.25) is 5.88 Å². The van der Waals surface area contributed by atoms with Crippen LogP contribution in [0.2, 0.25) is 0 Å². The fourth-order valence-corrected chi connectivity index (χ4v) is 3.19. The lowest BCUT2D eigenvalue weighted by Crippen LogP contribution is -2.09. The molecule has 0 fully saturated rings. The minimum absolute atomic E-state index is 0.0466. The Morgan fingerprint density at radius 3 is 2.59 bits per heavy atom. The van der Waals surface area contributed by atoms with Crippen LogP contribution in [0.1, 0.15) is 17.3 Å². The quantitative estimate of drug-likeness (QED) is 0.285. The predicted molar refractivity (Wildman–Crippen MR) is 108 cm³/mol. The first-order valence-electron chi connectivity index (χ1n) is 8.95. The molecule has 29 heavy (non-hydrogen) atoms. The summed E-state index contributed by atoms with van der Waals surface area (Å²) in [6.45, 7) is 2.42. The van der Waals surface area contributed by atoms with E-state index >= 15 is 0 Å². The summed E-state index contributed by atoms with van der Waals surface area (Å²) in [4.78, 5) is 23.3. The van der Waals surface area contributed by atoms with Crippen LogP contribution in [0.5, 0.6) is 11.6 Å². The van der Waals surface area contributed by atoms with E-state index in [9.17, 15) is 14.9 Å². The number of benzene rings is 3. The first kappa shape index (κ1) is 18.4. The molecule has 0 unspecified atom stereocenters. The number of hydrogen-bond acceptors (Lipinski definition) is 6. The van der Waals surface area contributed by atoms with Gasteiger partial charge in [-0.1, -0.05) is 12.1 Å². The van der Waals surface area contributed by atoms with E-state index in [0.29, 0.717) is 23.0 Å². The highest BCUT2D eigenvalue weighted by Gasteiger charge is 2.19. The average Bonchev–Trinajstić information content (AvgIpc) is 3.09. The van der Waals surface area contributed by atoms with Crippen LogP contribution in [0, 0.1) is 10.1 Å². The van der Waals surface area contributed by atoms with Crippen LogP contribution in [-0.4, -0.2) is 27.8 Å². The van der Waals surface area contributed by atoms with Crippen molar-refractivity contribution in [1.82, 2.24) is 9.78 Å². The SMILES string of the molecule is CCn1nc(OC(=O)c2ccc3cc(OC)ccc3c2)c2cc([N+](=O)[O-])ccc21. The predicted octanol–water partition coefficient (Wildman–Crippen LogP) is 4.35. The number of fused-ring (bicyclic) bond motifs is 2. The largest absolute Gasteiger partial charge is 0.497 e. The maximum Gasteiger partial charge on any atom is 0.344 e. The second kappa shape index (κ2) is 7.23. The topological polar surface area (TPSA) is 96.5 Å². The zero-order valence-corrected chi connectivity index (χ0v) is 15.8. The van der Waals surface area contributed by atoms with Crippen LogP contribution in [0.3, 0.4) is 0 Å². The first-order valence-corrected chi connectivity index (χ1v) is 8.95. The first-order chi connectivity index (χ1) is 14.0. The summed E-state index contributed by atoms with van der Waals surface area (Å²) in [5.74, 6) is 0.188. The van der Waals surface area contributed by atoms with E-state index in [4.69, 9.17) is 9.47 Å². The van der Waals surface area contributed by atoms with Crippen molar-refractivity contribution in [2.45, 2.75) is 13.5 Å². The minimum atomic E-state index is -0.586. The van der Waals surface area contributed by atoms with E-state index in [1.165, 1.54) is 12.1 Å². The number of aryl methyl sites for hydroxylation is 1. The molecule has 0 saturated carbocycles. The van der Waals surface area contributed by atoms with Gasteiger partial charge in [0, 0.05) is 18.7 Å². The molecule has 0 amide bonds.